The van der Waals surface area contributed by atoms with E-state index in [0.29, 0.717) is 0 Å². The molecule has 2 heterocycles. The summed E-state index contributed by atoms with van der Waals surface area (Å²) >= 11 is 2.32. The van der Waals surface area contributed by atoms with Gasteiger partial charge in [0.05, 0.1) is 11.4 Å². The Morgan fingerprint density at radius 1 is 1.00 bits per heavy atom. The largest absolute Gasteiger partial charge is 0.397 e. The van der Waals surface area contributed by atoms with Crippen molar-refractivity contribution in [2.75, 3.05) is 36.8 Å². The summed E-state index contributed by atoms with van der Waals surface area (Å²) in [4.78, 5) is 5.18. The number of anilines is 2. The van der Waals surface area contributed by atoms with Gasteiger partial charge in [-0.2, -0.15) is 0 Å². The van der Waals surface area contributed by atoms with Gasteiger partial charge in [-0.1, -0.05) is 6.42 Å². The highest BCUT2D eigenvalue weighted by atomic mass is 127. The lowest BCUT2D eigenvalue weighted by molar-refractivity contribution is 0.141. The second kappa shape index (κ2) is 6.52. The highest BCUT2D eigenvalue weighted by Crippen LogP contribution is 2.29. The van der Waals surface area contributed by atoms with Gasteiger partial charge in [-0.3, -0.25) is 0 Å². The molecule has 0 atom stereocenters. The van der Waals surface area contributed by atoms with E-state index < -0.39 is 0 Å². The zero-order chi connectivity index (χ0) is 13.9. The van der Waals surface area contributed by atoms with Crippen molar-refractivity contribution in [3.05, 3.63) is 21.8 Å². The number of rotatable bonds is 2. The molecule has 0 radical (unpaired) electrons. The van der Waals surface area contributed by atoms with Crippen LogP contribution in [-0.4, -0.2) is 37.1 Å². The minimum absolute atomic E-state index is 0.802. The Hall–Kier alpha value is -0.490. The maximum absolute atomic E-state index is 6.17. The quantitative estimate of drug-likeness (QED) is 0.626. The molecule has 3 nitrogen and oxygen atoms in total. The molecule has 0 aliphatic carbocycles. The van der Waals surface area contributed by atoms with Crippen LogP contribution in [0.2, 0.25) is 0 Å². The molecule has 2 fully saturated rings. The van der Waals surface area contributed by atoms with Crippen molar-refractivity contribution >= 4 is 34.0 Å². The molecule has 2 saturated heterocycles. The molecule has 0 amide bonds. The van der Waals surface area contributed by atoms with Crippen LogP contribution in [0, 0.1) is 3.57 Å². The first-order valence-corrected chi connectivity index (χ1v) is 8.86. The SMILES string of the molecule is Nc1cc(I)ccc1N1CCC(N2CCCCC2)CC1. The van der Waals surface area contributed by atoms with Gasteiger partial charge in [-0.25, -0.2) is 0 Å². The second-order valence-electron chi connectivity index (χ2n) is 6.02. The first-order valence-electron chi connectivity index (χ1n) is 7.78. The Morgan fingerprint density at radius 3 is 2.35 bits per heavy atom. The Balaban J connectivity index is 1.60. The number of nitrogen functional groups attached to an aromatic ring is 1. The molecule has 0 unspecified atom stereocenters. The average Bonchev–Trinajstić information content (AvgIpc) is 2.48. The highest BCUT2D eigenvalue weighted by Gasteiger charge is 2.26. The predicted molar refractivity (Wildman–Crippen MR) is 94.2 cm³/mol. The second-order valence-corrected chi connectivity index (χ2v) is 7.26. The lowest BCUT2D eigenvalue weighted by Crippen LogP contribution is -2.46. The fourth-order valence-electron chi connectivity index (χ4n) is 3.57. The van der Waals surface area contributed by atoms with Crippen molar-refractivity contribution in [1.29, 1.82) is 0 Å². The summed E-state index contributed by atoms with van der Waals surface area (Å²) in [5, 5.41) is 0. The van der Waals surface area contributed by atoms with E-state index in [0.717, 1.165) is 24.8 Å². The summed E-state index contributed by atoms with van der Waals surface area (Å²) in [5.41, 5.74) is 8.32. The van der Waals surface area contributed by atoms with E-state index in [1.54, 1.807) is 0 Å². The third kappa shape index (κ3) is 3.22. The van der Waals surface area contributed by atoms with Gasteiger partial charge in [0.2, 0.25) is 0 Å². The number of likely N-dealkylation sites (tertiary alicyclic amines) is 1. The van der Waals surface area contributed by atoms with Crippen molar-refractivity contribution in [3.63, 3.8) is 0 Å². The molecule has 4 heteroatoms. The Morgan fingerprint density at radius 2 is 1.70 bits per heavy atom. The monoisotopic (exact) mass is 385 g/mol. The maximum Gasteiger partial charge on any atom is 0.0600 e. The molecule has 0 spiro atoms. The zero-order valence-corrected chi connectivity index (χ0v) is 14.2. The molecule has 110 valence electrons. The van der Waals surface area contributed by atoms with E-state index in [2.05, 4.69) is 50.6 Å². The van der Waals surface area contributed by atoms with Gasteiger partial charge >= 0.3 is 0 Å². The minimum atomic E-state index is 0.802. The lowest BCUT2D eigenvalue weighted by atomic mass is 9.99. The standard InChI is InChI=1S/C16H24IN3/c17-13-4-5-16(15(18)12-13)20-10-6-14(7-11-20)19-8-2-1-3-9-19/h4-5,12,14H,1-3,6-11,18H2. The van der Waals surface area contributed by atoms with Crippen molar-refractivity contribution in [2.24, 2.45) is 0 Å². The molecule has 1 aromatic carbocycles. The Labute approximate surface area is 135 Å². The van der Waals surface area contributed by atoms with Crippen LogP contribution in [-0.2, 0) is 0 Å². The number of nitrogens with zero attached hydrogens (tertiary/aromatic N) is 2. The fourth-order valence-corrected chi connectivity index (χ4v) is 4.08. The van der Waals surface area contributed by atoms with Crippen LogP contribution in [0.25, 0.3) is 0 Å². The molecule has 1 aromatic rings. The highest BCUT2D eigenvalue weighted by molar-refractivity contribution is 14.1. The zero-order valence-electron chi connectivity index (χ0n) is 12.0. The van der Waals surface area contributed by atoms with Gasteiger partial charge in [-0.05, 0) is 79.6 Å². The molecule has 2 aliphatic rings. The van der Waals surface area contributed by atoms with Crippen molar-refractivity contribution in [1.82, 2.24) is 4.90 Å². The van der Waals surface area contributed by atoms with Gasteiger partial charge in [0.1, 0.15) is 0 Å². The number of hydrogen-bond acceptors (Lipinski definition) is 3. The summed E-state index contributed by atoms with van der Waals surface area (Å²) in [7, 11) is 0. The topological polar surface area (TPSA) is 32.5 Å². The molecule has 2 N–H and O–H groups in total. The average molecular weight is 385 g/mol. The van der Waals surface area contributed by atoms with Crippen molar-refractivity contribution < 1.29 is 0 Å². The van der Waals surface area contributed by atoms with Crippen LogP contribution in [0.3, 0.4) is 0 Å². The smallest absolute Gasteiger partial charge is 0.0600 e. The number of benzene rings is 1. The van der Waals surface area contributed by atoms with Crippen LogP contribution in [0.4, 0.5) is 11.4 Å². The molecule has 0 bridgehead atoms. The summed E-state index contributed by atoms with van der Waals surface area (Å²) in [6, 6.07) is 7.21. The first-order chi connectivity index (χ1) is 9.74. The molecule has 0 aromatic heterocycles. The number of halogens is 1. The first kappa shape index (κ1) is 14.4. The Bertz CT molecular complexity index is 449. The van der Waals surface area contributed by atoms with Gasteiger partial charge < -0.3 is 15.5 Å². The third-order valence-corrected chi connectivity index (χ3v) is 5.37. The van der Waals surface area contributed by atoms with Crippen molar-refractivity contribution in [2.45, 2.75) is 38.1 Å². The molecular formula is C16H24IN3. The number of hydrogen-bond donors (Lipinski definition) is 1. The molecule has 0 saturated carbocycles. The van der Waals surface area contributed by atoms with Crippen LogP contribution in [0.1, 0.15) is 32.1 Å². The van der Waals surface area contributed by atoms with E-state index in [1.165, 1.54) is 54.5 Å². The van der Waals surface area contributed by atoms with Crippen LogP contribution in [0.15, 0.2) is 18.2 Å². The molecular weight excluding hydrogens is 361 g/mol. The van der Waals surface area contributed by atoms with E-state index in [1.807, 2.05) is 0 Å². The molecule has 3 rings (SSSR count). The van der Waals surface area contributed by atoms with Gasteiger partial charge in [0.25, 0.3) is 0 Å². The van der Waals surface area contributed by atoms with E-state index in [-0.39, 0.29) is 0 Å². The fraction of sp³-hybridized carbons (Fsp3) is 0.625. The van der Waals surface area contributed by atoms with Gasteiger partial charge in [0.15, 0.2) is 0 Å². The number of nitrogens with two attached hydrogens (primary N) is 1. The summed E-state index contributed by atoms with van der Waals surface area (Å²) in [6.07, 6.45) is 6.78. The summed E-state index contributed by atoms with van der Waals surface area (Å²) in [5.74, 6) is 0. The molecule has 2 aliphatic heterocycles. The predicted octanol–water partition coefficient (Wildman–Crippen LogP) is 3.33. The normalized spacial score (nSPS) is 22.1. The van der Waals surface area contributed by atoms with Crippen LogP contribution < -0.4 is 10.6 Å². The lowest BCUT2D eigenvalue weighted by Gasteiger charge is -2.41. The van der Waals surface area contributed by atoms with Gasteiger partial charge in [-0.15, -0.1) is 0 Å². The summed E-state index contributed by atoms with van der Waals surface area (Å²) < 4.78 is 1.21. The van der Waals surface area contributed by atoms with Crippen LogP contribution >= 0.6 is 22.6 Å². The van der Waals surface area contributed by atoms with Gasteiger partial charge in [0, 0.05) is 22.7 Å². The van der Waals surface area contributed by atoms with E-state index in [4.69, 9.17) is 5.73 Å². The van der Waals surface area contributed by atoms with E-state index in [9.17, 15) is 0 Å². The Kier molecular flexibility index (Phi) is 4.71. The van der Waals surface area contributed by atoms with E-state index >= 15 is 0 Å². The maximum atomic E-state index is 6.17. The molecule has 20 heavy (non-hydrogen) atoms. The van der Waals surface area contributed by atoms with Crippen LogP contribution in [0.5, 0.6) is 0 Å². The third-order valence-electron chi connectivity index (χ3n) is 4.70. The number of piperidine rings is 2. The summed E-state index contributed by atoms with van der Waals surface area (Å²) in [6.45, 7) is 4.92. The minimum Gasteiger partial charge on any atom is -0.397 e. The van der Waals surface area contributed by atoms with Crippen molar-refractivity contribution in [3.8, 4) is 0 Å².